The monoisotopic (exact) mass is 301 g/mol. The predicted octanol–water partition coefficient (Wildman–Crippen LogP) is 2.33. The first kappa shape index (κ1) is 14.1. The van der Waals surface area contributed by atoms with Gasteiger partial charge in [0.05, 0.1) is 5.69 Å². The Morgan fingerprint density at radius 1 is 1.38 bits per heavy atom. The maximum atomic E-state index is 12.0. The smallest absolute Gasteiger partial charge is 0.220 e. The zero-order valence-corrected chi connectivity index (χ0v) is 12.7. The van der Waals surface area contributed by atoms with Gasteiger partial charge in [-0.25, -0.2) is 4.98 Å². The number of hydrogen-bond acceptors (Lipinski definition) is 4. The number of carbonyl (C=O) groups excluding carboxylic acids is 1. The summed E-state index contributed by atoms with van der Waals surface area (Å²) in [7, 11) is 0. The Morgan fingerprint density at radius 3 is 2.95 bits per heavy atom. The van der Waals surface area contributed by atoms with Gasteiger partial charge in [-0.1, -0.05) is 24.3 Å². The SMILES string of the molecule is Nc1nc(CCC(=O)N[C@@H]2CCc3ccccc3C2)cs1. The van der Waals surface area contributed by atoms with Crippen LogP contribution in [0.1, 0.15) is 29.7 Å². The van der Waals surface area contributed by atoms with Crippen LogP contribution in [-0.4, -0.2) is 16.9 Å². The van der Waals surface area contributed by atoms with Crippen molar-refractivity contribution in [3.05, 3.63) is 46.5 Å². The van der Waals surface area contributed by atoms with E-state index in [1.165, 1.54) is 22.5 Å². The van der Waals surface area contributed by atoms with E-state index < -0.39 is 0 Å². The molecule has 0 saturated carbocycles. The number of nitrogens with one attached hydrogen (secondary N) is 1. The van der Waals surface area contributed by atoms with Crippen molar-refractivity contribution in [1.82, 2.24) is 10.3 Å². The Kier molecular flexibility index (Phi) is 4.20. The minimum Gasteiger partial charge on any atom is -0.375 e. The quantitative estimate of drug-likeness (QED) is 0.910. The number of aromatic nitrogens is 1. The number of nitrogen functional groups attached to an aromatic ring is 1. The van der Waals surface area contributed by atoms with Crippen molar-refractivity contribution in [1.29, 1.82) is 0 Å². The number of nitrogens with two attached hydrogens (primary N) is 1. The second-order valence-electron chi connectivity index (χ2n) is 5.45. The lowest BCUT2D eigenvalue weighted by atomic mass is 9.88. The van der Waals surface area contributed by atoms with Gasteiger partial charge in [0.2, 0.25) is 5.91 Å². The Labute approximate surface area is 128 Å². The number of aryl methyl sites for hydroxylation is 2. The van der Waals surface area contributed by atoms with E-state index in [1.54, 1.807) is 0 Å². The van der Waals surface area contributed by atoms with Crippen LogP contribution in [0.3, 0.4) is 0 Å². The molecule has 1 aliphatic carbocycles. The minimum atomic E-state index is 0.103. The van der Waals surface area contributed by atoms with Crippen LogP contribution in [0.5, 0.6) is 0 Å². The Bertz CT molecular complexity index is 638. The van der Waals surface area contributed by atoms with Crippen molar-refractivity contribution in [2.24, 2.45) is 0 Å². The van der Waals surface area contributed by atoms with Gasteiger partial charge in [0, 0.05) is 17.8 Å². The standard InChI is InChI=1S/C16H19N3OS/c17-16-19-14(10-21-16)7-8-15(20)18-13-6-5-11-3-1-2-4-12(11)9-13/h1-4,10,13H,5-9H2,(H2,17,19)(H,18,20)/t13-/m1/s1. The normalized spacial score (nSPS) is 17.2. The molecule has 0 bridgehead atoms. The van der Waals surface area contributed by atoms with Crippen LogP contribution >= 0.6 is 11.3 Å². The maximum Gasteiger partial charge on any atom is 0.220 e. The van der Waals surface area contributed by atoms with Crippen molar-refractivity contribution >= 4 is 22.4 Å². The molecule has 0 radical (unpaired) electrons. The molecule has 1 aromatic carbocycles. The van der Waals surface area contributed by atoms with Crippen molar-refractivity contribution < 1.29 is 4.79 Å². The average molecular weight is 301 g/mol. The second-order valence-corrected chi connectivity index (χ2v) is 6.34. The topological polar surface area (TPSA) is 68.0 Å². The van der Waals surface area contributed by atoms with E-state index in [9.17, 15) is 4.79 Å². The number of hydrogen-bond donors (Lipinski definition) is 2. The Balaban J connectivity index is 1.50. The zero-order chi connectivity index (χ0) is 14.7. The summed E-state index contributed by atoms with van der Waals surface area (Å²) in [5.74, 6) is 0.103. The third kappa shape index (κ3) is 3.61. The number of rotatable bonds is 4. The van der Waals surface area contributed by atoms with Crippen molar-refractivity contribution in [3.63, 3.8) is 0 Å². The van der Waals surface area contributed by atoms with E-state index >= 15 is 0 Å². The highest BCUT2D eigenvalue weighted by Crippen LogP contribution is 2.21. The van der Waals surface area contributed by atoms with E-state index in [1.807, 2.05) is 5.38 Å². The van der Waals surface area contributed by atoms with Crippen LogP contribution < -0.4 is 11.1 Å². The average Bonchev–Trinajstić information content (AvgIpc) is 2.91. The molecule has 3 N–H and O–H groups in total. The number of fused-ring (bicyclic) bond motifs is 1. The molecule has 0 spiro atoms. The van der Waals surface area contributed by atoms with Gasteiger partial charge < -0.3 is 11.1 Å². The highest BCUT2D eigenvalue weighted by Gasteiger charge is 2.19. The molecule has 1 amide bonds. The third-order valence-electron chi connectivity index (χ3n) is 3.89. The van der Waals surface area contributed by atoms with E-state index in [0.717, 1.165) is 25.0 Å². The van der Waals surface area contributed by atoms with Crippen LogP contribution in [0, 0.1) is 0 Å². The lowest BCUT2D eigenvalue weighted by Gasteiger charge is -2.25. The van der Waals surface area contributed by atoms with Crippen molar-refractivity contribution in [2.75, 3.05) is 5.73 Å². The van der Waals surface area contributed by atoms with Gasteiger partial charge in [-0.05, 0) is 36.8 Å². The van der Waals surface area contributed by atoms with Crippen LogP contribution in [-0.2, 0) is 24.1 Å². The van der Waals surface area contributed by atoms with Crippen molar-refractivity contribution in [3.8, 4) is 0 Å². The molecule has 4 nitrogen and oxygen atoms in total. The molecule has 0 fully saturated rings. The Hall–Kier alpha value is -1.88. The fourth-order valence-corrected chi connectivity index (χ4v) is 3.40. The number of benzene rings is 1. The molecule has 0 aliphatic heterocycles. The summed E-state index contributed by atoms with van der Waals surface area (Å²) in [6.07, 6.45) is 4.13. The number of carbonyl (C=O) groups is 1. The van der Waals surface area contributed by atoms with Gasteiger partial charge in [-0.2, -0.15) is 0 Å². The van der Waals surface area contributed by atoms with Gasteiger partial charge in [-0.15, -0.1) is 11.3 Å². The van der Waals surface area contributed by atoms with E-state index in [4.69, 9.17) is 5.73 Å². The van der Waals surface area contributed by atoms with Gasteiger partial charge in [0.25, 0.3) is 0 Å². The highest BCUT2D eigenvalue weighted by atomic mass is 32.1. The first-order chi connectivity index (χ1) is 10.2. The lowest BCUT2D eigenvalue weighted by Crippen LogP contribution is -2.38. The summed E-state index contributed by atoms with van der Waals surface area (Å²) >= 11 is 1.42. The van der Waals surface area contributed by atoms with Crippen molar-refractivity contribution in [2.45, 2.75) is 38.1 Å². The molecule has 3 rings (SSSR count). The predicted molar refractivity (Wildman–Crippen MR) is 85.2 cm³/mol. The Morgan fingerprint density at radius 2 is 2.19 bits per heavy atom. The van der Waals surface area contributed by atoms with Gasteiger partial charge in [-0.3, -0.25) is 4.79 Å². The van der Waals surface area contributed by atoms with Crippen LogP contribution in [0.2, 0.25) is 0 Å². The molecule has 0 saturated heterocycles. The van der Waals surface area contributed by atoms with E-state index in [-0.39, 0.29) is 11.9 Å². The number of amides is 1. The molecule has 1 aromatic heterocycles. The highest BCUT2D eigenvalue weighted by molar-refractivity contribution is 7.13. The van der Waals surface area contributed by atoms with Gasteiger partial charge >= 0.3 is 0 Å². The van der Waals surface area contributed by atoms with Crippen LogP contribution in [0.25, 0.3) is 0 Å². The van der Waals surface area contributed by atoms with Gasteiger partial charge in [0.1, 0.15) is 0 Å². The summed E-state index contributed by atoms with van der Waals surface area (Å²) in [6, 6.07) is 8.74. The first-order valence-corrected chi connectivity index (χ1v) is 8.14. The largest absolute Gasteiger partial charge is 0.375 e. The number of anilines is 1. The number of nitrogens with zero attached hydrogens (tertiary/aromatic N) is 1. The summed E-state index contributed by atoms with van der Waals surface area (Å²) in [5, 5.41) is 5.62. The molecule has 21 heavy (non-hydrogen) atoms. The summed E-state index contributed by atoms with van der Waals surface area (Å²) in [5.41, 5.74) is 9.27. The lowest BCUT2D eigenvalue weighted by molar-refractivity contribution is -0.121. The molecular weight excluding hydrogens is 282 g/mol. The summed E-state index contributed by atoms with van der Waals surface area (Å²) < 4.78 is 0. The third-order valence-corrected chi connectivity index (χ3v) is 4.61. The second kappa shape index (κ2) is 6.26. The van der Waals surface area contributed by atoms with E-state index in [2.05, 4.69) is 34.6 Å². The fourth-order valence-electron chi connectivity index (χ4n) is 2.80. The van der Waals surface area contributed by atoms with Crippen LogP contribution in [0.15, 0.2) is 29.6 Å². The molecule has 110 valence electrons. The molecule has 1 aliphatic rings. The molecule has 5 heteroatoms. The summed E-state index contributed by atoms with van der Waals surface area (Å²) in [6.45, 7) is 0. The van der Waals surface area contributed by atoms with E-state index in [0.29, 0.717) is 18.0 Å². The molecule has 2 aromatic rings. The molecular formula is C16H19N3OS. The maximum absolute atomic E-state index is 12.0. The zero-order valence-electron chi connectivity index (χ0n) is 11.8. The molecule has 1 heterocycles. The van der Waals surface area contributed by atoms with Gasteiger partial charge in [0.15, 0.2) is 5.13 Å². The molecule has 0 unspecified atom stereocenters. The summed E-state index contributed by atoms with van der Waals surface area (Å²) in [4.78, 5) is 16.2. The first-order valence-electron chi connectivity index (χ1n) is 7.27. The minimum absolute atomic E-state index is 0.103. The molecule has 1 atom stereocenters. The number of thiazole rings is 1. The van der Waals surface area contributed by atoms with Crippen LogP contribution in [0.4, 0.5) is 5.13 Å². The fraction of sp³-hybridized carbons (Fsp3) is 0.375.